The van der Waals surface area contributed by atoms with E-state index in [9.17, 15) is 0 Å². The van der Waals surface area contributed by atoms with E-state index in [2.05, 4.69) is 14.6 Å². The van der Waals surface area contributed by atoms with Gasteiger partial charge in [-0.05, 0) is 17.6 Å². The van der Waals surface area contributed by atoms with Gasteiger partial charge in [0.25, 0.3) is 0 Å². The third kappa shape index (κ3) is 0.675. The molecule has 0 aliphatic carbocycles. The second kappa shape index (κ2) is 1.73. The Morgan fingerprint density at radius 2 is 2.44 bits per heavy atom. The van der Waals surface area contributed by atoms with E-state index in [4.69, 9.17) is 0 Å². The molecule has 2 rings (SSSR count). The summed E-state index contributed by atoms with van der Waals surface area (Å²) in [4.78, 5) is 0. The molecule has 4 heteroatoms. The van der Waals surface area contributed by atoms with Crippen molar-refractivity contribution in [1.82, 2.24) is 14.6 Å². The highest BCUT2D eigenvalue weighted by Gasteiger charge is 1.92. The second-order valence-electron chi connectivity index (χ2n) is 1.61. The van der Waals surface area contributed by atoms with Crippen molar-refractivity contribution in [2.24, 2.45) is 0 Å². The van der Waals surface area contributed by atoms with Gasteiger partial charge in [-0.15, -0.1) is 5.10 Å². The molecular weight excluding hydrogens is 134 g/mol. The molecule has 0 aliphatic heterocycles. The minimum atomic E-state index is 0.877. The van der Waals surface area contributed by atoms with Gasteiger partial charge in [0, 0.05) is 0 Å². The molecule has 0 unspecified atom stereocenters. The van der Waals surface area contributed by atoms with E-state index in [1.54, 1.807) is 12.4 Å². The number of rotatable bonds is 0. The molecule has 0 radical (unpaired) electrons. The van der Waals surface area contributed by atoms with Crippen molar-refractivity contribution in [2.75, 3.05) is 0 Å². The highest BCUT2D eigenvalue weighted by atomic mass is 32.1. The van der Waals surface area contributed by atoms with Gasteiger partial charge in [-0.25, -0.2) is 0 Å². The van der Waals surface area contributed by atoms with Gasteiger partial charge < -0.3 is 0 Å². The van der Waals surface area contributed by atoms with Crippen LogP contribution in [0.5, 0.6) is 0 Å². The number of fused-ring (bicyclic) bond motifs is 1. The molecule has 0 aromatic carbocycles. The summed E-state index contributed by atoms with van der Waals surface area (Å²) in [5.41, 5.74) is 0.877. The molecule has 9 heavy (non-hydrogen) atoms. The van der Waals surface area contributed by atoms with Crippen molar-refractivity contribution in [2.45, 2.75) is 0 Å². The van der Waals surface area contributed by atoms with Crippen LogP contribution >= 0.6 is 11.5 Å². The van der Waals surface area contributed by atoms with Gasteiger partial charge in [-0.2, -0.15) is 9.47 Å². The predicted octanol–water partition coefficient (Wildman–Crippen LogP) is 1.09. The van der Waals surface area contributed by atoms with Crippen molar-refractivity contribution < 1.29 is 0 Å². The Bertz CT molecular complexity index is 286. The minimum absolute atomic E-state index is 0.877. The van der Waals surface area contributed by atoms with Crippen LogP contribution in [0.2, 0.25) is 0 Å². The number of hydrogen-bond acceptors (Lipinski definition) is 4. The Balaban J connectivity index is 2.95. The van der Waals surface area contributed by atoms with Crippen LogP contribution in [0, 0.1) is 0 Å². The highest BCUT2D eigenvalue weighted by Crippen LogP contribution is 2.11. The van der Waals surface area contributed by atoms with E-state index >= 15 is 0 Å². The minimum Gasteiger partial charge on any atom is -0.198 e. The lowest BCUT2D eigenvalue weighted by Crippen LogP contribution is -1.74. The van der Waals surface area contributed by atoms with E-state index in [-0.39, 0.29) is 0 Å². The molecule has 0 aliphatic rings. The molecule has 2 aromatic rings. The van der Waals surface area contributed by atoms with Crippen LogP contribution in [-0.2, 0) is 0 Å². The van der Waals surface area contributed by atoms with E-state index in [1.165, 1.54) is 11.5 Å². The molecule has 2 heterocycles. The first-order valence-electron chi connectivity index (χ1n) is 2.49. The number of nitrogens with zero attached hydrogens (tertiary/aromatic N) is 3. The fourth-order valence-corrected chi connectivity index (χ4v) is 1.21. The average molecular weight is 137 g/mol. The summed E-state index contributed by atoms with van der Waals surface area (Å²) in [6, 6.07) is 1.90. The van der Waals surface area contributed by atoms with Gasteiger partial charge in [0.15, 0.2) is 0 Å². The van der Waals surface area contributed by atoms with Crippen molar-refractivity contribution in [1.29, 1.82) is 0 Å². The van der Waals surface area contributed by atoms with Crippen molar-refractivity contribution in [3.63, 3.8) is 0 Å². The molecule has 0 amide bonds. The predicted molar refractivity (Wildman–Crippen MR) is 35.2 cm³/mol. The molecule has 0 atom stereocenters. The van der Waals surface area contributed by atoms with Crippen LogP contribution in [0.15, 0.2) is 18.5 Å². The molecule has 3 nitrogen and oxygen atoms in total. The highest BCUT2D eigenvalue weighted by molar-refractivity contribution is 7.13. The third-order valence-corrected chi connectivity index (χ3v) is 1.79. The van der Waals surface area contributed by atoms with E-state index in [1.807, 2.05) is 6.07 Å². The Morgan fingerprint density at radius 3 is 3.33 bits per heavy atom. The summed E-state index contributed by atoms with van der Waals surface area (Å²) in [5, 5.41) is 7.54. The lowest BCUT2D eigenvalue weighted by atomic mass is 10.5. The summed E-state index contributed by atoms with van der Waals surface area (Å²) in [5.74, 6) is 0. The number of hydrogen-bond donors (Lipinski definition) is 0. The third-order valence-electron chi connectivity index (χ3n) is 1.04. The van der Waals surface area contributed by atoms with Gasteiger partial charge in [0.05, 0.1) is 17.1 Å². The van der Waals surface area contributed by atoms with Crippen molar-refractivity contribution >= 4 is 21.7 Å². The molecule has 0 saturated carbocycles. The van der Waals surface area contributed by atoms with E-state index in [0.717, 1.165) is 10.2 Å². The van der Waals surface area contributed by atoms with Crippen LogP contribution in [0.4, 0.5) is 0 Å². The molecule has 44 valence electrons. The first-order valence-corrected chi connectivity index (χ1v) is 3.26. The summed E-state index contributed by atoms with van der Waals surface area (Å²) in [6.45, 7) is 0. The van der Waals surface area contributed by atoms with Gasteiger partial charge in [0.1, 0.15) is 5.52 Å². The second-order valence-corrected chi connectivity index (χ2v) is 2.44. The zero-order valence-electron chi connectivity index (χ0n) is 4.48. The van der Waals surface area contributed by atoms with Crippen LogP contribution in [0.25, 0.3) is 10.2 Å². The largest absolute Gasteiger partial charge is 0.198 e. The summed E-state index contributed by atoms with van der Waals surface area (Å²) >= 11 is 1.43. The monoisotopic (exact) mass is 137 g/mol. The Labute approximate surface area is 55.5 Å². The topological polar surface area (TPSA) is 38.7 Å². The van der Waals surface area contributed by atoms with Crippen LogP contribution in [0.1, 0.15) is 0 Å². The quantitative estimate of drug-likeness (QED) is 0.545. The van der Waals surface area contributed by atoms with Crippen LogP contribution in [0.3, 0.4) is 0 Å². The van der Waals surface area contributed by atoms with Gasteiger partial charge in [-0.3, -0.25) is 0 Å². The lowest BCUT2D eigenvalue weighted by Gasteiger charge is -1.78. The molecule has 0 saturated heterocycles. The average Bonchev–Trinajstić information content (AvgIpc) is 2.33. The number of aromatic nitrogens is 3. The smallest absolute Gasteiger partial charge is 0.124 e. The maximum absolute atomic E-state index is 3.94. The van der Waals surface area contributed by atoms with Crippen LogP contribution < -0.4 is 0 Å². The van der Waals surface area contributed by atoms with Gasteiger partial charge in [-0.1, -0.05) is 0 Å². The van der Waals surface area contributed by atoms with E-state index < -0.39 is 0 Å². The fraction of sp³-hybridized carbons (Fsp3) is 0. The molecule has 0 fully saturated rings. The SMILES string of the molecule is c1cc2sncc2nn1. The summed E-state index contributed by atoms with van der Waals surface area (Å²) in [7, 11) is 0. The van der Waals surface area contributed by atoms with Crippen molar-refractivity contribution in [3.8, 4) is 0 Å². The molecule has 0 bridgehead atoms. The van der Waals surface area contributed by atoms with Crippen molar-refractivity contribution in [3.05, 3.63) is 18.5 Å². The van der Waals surface area contributed by atoms with Gasteiger partial charge >= 0.3 is 0 Å². The first kappa shape index (κ1) is 4.81. The normalized spacial score (nSPS) is 10.2. The maximum Gasteiger partial charge on any atom is 0.124 e. The zero-order valence-corrected chi connectivity index (χ0v) is 5.30. The zero-order chi connectivity index (χ0) is 6.10. The van der Waals surface area contributed by atoms with E-state index in [0.29, 0.717) is 0 Å². The first-order chi connectivity index (χ1) is 4.47. The Kier molecular flexibility index (Phi) is 0.927. The van der Waals surface area contributed by atoms with Gasteiger partial charge in [0.2, 0.25) is 0 Å². The summed E-state index contributed by atoms with van der Waals surface area (Å²) < 4.78 is 5.03. The Hall–Kier alpha value is -1.03. The molecule has 2 aromatic heterocycles. The van der Waals surface area contributed by atoms with Crippen LogP contribution in [-0.4, -0.2) is 14.6 Å². The molecule has 0 N–H and O–H groups in total. The lowest BCUT2D eigenvalue weighted by molar-refractivity contribution is 1.08. The fourth-order valence-electron chi connectivity index (χ4n) is 0.631. The standard InChI is InChI=1S/C5H3N3S/c1-2-6-8-4-3-7-9-5(1)4/h1-3H. The Morgan fingerprint density at radius 1 is 1.44 bits per heavy atom. The maximum atomic E-state index is 3.94. The summed E-state index contributed by atoms with van der Waals surface area (Å²) in [6.07, 6.45) is 3.38. The molecular formula is C5H3N3S. The molecule has 0 spiro atoms.